The van der Waals surface area contributed by atoms with Gasteiger partial charge in [0.15, 0.2) is 0 Å². The van der Waals surface area contributed by atoms with Crippen molar-refractivity contribution in [3.63, 3.8) is 0 Å². The number of aromatic nitrogens is 1. The molecule has 0 radical (unpaired) electrons. The van der Waals surface area contributed by atoms with E-state index in [2.05, 4.69) is 46.2 Å². The van der Waals surface area contributed by atoms with Crippen LogP contribution in [0.2, 0.25) is 0 Å². The minimum atomic E-state index is 0.0349. The van der Waals surface area contributed by atoms with Crippen molar-refractivity contribution >= 4 is 17.6 Å². The van der Waals surface area contributed by atoms with Crippen LogP contribution in [0, 0.1) is 0 Å². The molecule has 0 spiro atoms. The highest BCUT2D eigenvalue weighted by atomic mass is 32.2. The van der Waals surface area contributed by atoms with Crippen LogP contribution < -0.4 is 15.2 Å². The van der Waals surface area contributed by atoms with Gasteiger partial charge in [-0.25, -0.2) is 0 Å². The molecule has 1 aromatic heterocycles. The molecule has 1 aliphatic heterocycles. The molecule has 4 rings (SSSR count). The van der Waals surface area contributed by atoms with Crippen LogP contribution in [0.3, 0.4) is 0 Å². The molecular weight excluding hydrogens is 394 g/mol. The van der Waals surface area contributed by atoms with E-state index in [1.165, 1.54) is 18.4 Å². The summed E-state index contributed by atoms with van der Waals surface area (Å²) in [6, 6.07) is 15.3. The topological polar surface area (TPSA) is 46.5 Å². The Morgan fingerprint density at radius 2 is 1.87 bits per heavy atom. The van der Waals surface area contributed by atoms with Crippen molar-refractivity contribution in [2.24, 2.45) is 7.05 Å². The molecular formula is C24H33N3O2S. The first-order valence-corrected chi connectivity index (χ1v) is 12.3. The standard InChI is InChI=1S/C24H33N3O2S/c1-26-14-12-20(16-24(26)28)27-15-13-22(25-30-2)23(27)17-29-21-10-8-19(9-11-21)18-6-4-3-5-7-18/h3-7,12,14,16,19,21-23,25H,8-11,13,15,17H2,1-2H3. The SMILES string of the molecule is CSNC1CCN(c2ccn(C)c(=O)c2)C1COC1CCC(c2ccccc2)CC1. The smallest absolute Gasteiger partial charge is 0.252 e. The van der Waals surface area contributed by atoms with Crippen molar-refractivity contribution in [3.05, 3.63) is 64.6 Å². The molecule has 2 atom stereocenters. The molecule has 2 heterocycles. The zero-order chi connectivity index (χ0) is 20.9. The van der Waals surface area contributed by atoms with Gasteiger partial charge in [0.25, 0.3) is 5.56 Å². The van der Waals surface area contributed by atoms with E-state index in [4.69, 9.17) is 4.74 Å². The average Bonchev–Trinajstić information content (AvgIpc) is 3.18. The monoisotopic (exact) mass is 427 g/mol. The van der Waals surface area contributed by atoms with Crippen molar-refractivity contribution in [3.8, 4) is 0 Å². The van der Waals surface area contributed by atoms with Crippen LogP contribution in [-0.2, 0) is 11.8 Å². The zero-order valence-electron chi connectivity index (χ0n) is 18.0. The Labute approximate surface area is 183 Å². The summed E-state index contributed by atoms with van der Waals surface area (Å²) in [6.07, 6.45) is 9.97. The highest BCUT2D eigenvalue weighted by Gasteiger charge is 2.35. The summed E-state index contributed by atoms with van der Waals surface area (Å²) in [5.74, 6) is 0.667. The Bertz CT molecular complexity index is 864. The van der Waals surface area contributed by atoms with Gasteiger partial charge in [0.1, 0.15) is 0 Å². The van der Waals surface area contributed by atoms with Crippen molar-refractivity contribution in [2.75, 3.05) is 24.3 Å². The number of anilines is 1. The lowest BCUT2D eigenvalue weighted by Crippen LogP contribution is -2.45. The molecule has 1 aliphatic carbocycles. The van der Waals surface area contributed by atoms with Crippen molar-refractivity contribution in [1.82, 2.24) is 9.29 Å². The maximum Gasteiger partial charge on any atom is 0.252 e. The number of ether oxygens (including phenoxy) is 1. The third kappa shape index (κ3) is 4.93. The predicted molar refractivity (Wildman–Crippen MR) is 125 cm³/mol. The summed E-state index contributed by atoms with van der Waals surface area (Å²) in [5, 5.41) is 0. The first-order chi connectivity index (χ1) is 14.7. The Hall–Kier alpha value is -1.76. The van der Waals surface area contributed by atoms with E-state index >= 15 is 0 Å². The number of aryl methyl sites for hydroxylation is 1. The second-order valence-corrected chi connectivity index (χ2v) is 9.17. The molecule has 1 N–H and O–H groups in total. The van der Waals surface area contributed by atoms with Gasteiger partial charge >= 0.3 is 0 Å². The normalized spacial score (nSPS) is 26.8. The fourth-order valence-corrected chi connectivity index (χ4v) is 5.49. The molecule has 2 aliphatic rings. The van der Waals surface area contributed by atoms with E-state index in [-0.39, 0.29) is 11.6 Å². The quantitative estimate of drug-likeness (QED) is 0.678. The molecule has 0 amide bonds. The summed E-state index contributed by atoms with van der Waals surface area (Å²) in [6.45, 7) is 1.65. The molecule has 2 aromatic rings. The Kier molecular flexibility index (Phi) is 7.18. The van der Waals surface area contributed by atoms with Crippen LogP contribution in [0.15, 0.2) is 53.5 Å². The summed E-state index contributed by atoms with van der Waals surface area (Å²) in [5.41, 5.74) is 2.50. The first kappa shape index (κ1) is 21.5. The third-order valence-corrected chi connectivity index (χ3v) is 7.22. The Morgan fingerprint density at radius 1 is 1.10 bits per heavy atom. The van der Waals surface area contributed by atoms with E-state index in [0.29, 0.717) is 24.7 Å². The lowest BCUT2D eigenvalue weighted by atomic mass is 9.83. The number of nitrogens with zero attached hydrogens (tertiary/aromatic N) is 2. The van der Waals surface area contributed by atoms with Crippen molar-refractivity contribution in [2.45, 2.75) is 56.2 Å². The second kappa shape index (κ2) is 10.0. The number of rotatable bonds is 7. The highest BCUT2D eigenvalue weighted by Crippen LogP contribution is 2.34. The molecule has 162 valence electrons. The number of pyridine rings is 1. The number of benzene rings is 1. The predicted octanol–water partition coefficient (Wildman–Crippen LogP) is 3.94. The minimum Gasteiger partial charge on any atom is -0.376 e. The average molecular weight is 428 g/mol. The summed E-state index contributed by atoms with van der Waals surface area (Å²) >= 11 is 1.67. The van der Waals surface area contributed by atoms with Gasteiger partial charge in [-0.05, 0) is 55.9 Å². The van der Waals surface area contributed by atoms with Gasteiger partial charge in [-0.2, -0.15) is 0 Å². The molecule has 1 saturated heterocycles. The summed E-state index contributed by atoms with van der Waals surface area (Å²) < 4.78 is 11.6. The van der Waals surface area contributed by atoms with Crippen LogP contribution in [-0.4, -0.2) is 42.2 Å². The van der Waals surface area contributed by atoms with Gasteiger partial charge < -0.3 is 14.2 Å². The molecule has 2 unspecified atom stereocenters. The van der Waals surface area contributed by atoms with E-state index < -0.39 is 0 Å². The maximum absolute atomic E-state index is 12.1. The Morgan fingerprint density at radius 3 is 2.57 bits per heavy atom. The zero-order valence-corrected chi connectivity index (χ0v) is 18.8. The molecule has 1 aromatic carbocycles. The van der Waals surface area contributed by atoms with Crippen molar-refractivity contribution in [1.29, 1.82) is 0 Å². The molecule has 2 fully saturated rings. The van der Waals surface area contributed by atoms with E-state index in [9.17, 15) is 4.79 Å². The summed E-state index contributed by atoms with van der Waals surface area (Å²) in [7, 11) is 1.79. The van der Waals surface area contributed by atoms with Crippen LogP contribution in [0.4, 0.5) is 5.69 Å². The number of hydrogen-bond donors (Lipinski definition) is 1. The minimum absolute atomic E-state index is 0.0349. The van der Waals surface area contributed by atoms with Gasteiger partial charge in [0.2, 0.25) is 0 Å². The van der Waals surface area contributed by atoms with Crippen LogP contribution in [0.5, 0.6) is 0 Å². The molecule has 1 saturated carbocycles. The van der Waals surface area contributed by atoms with Gasteiger partial charge in [-0.15, -0.1) is 0 Å². The van der Waals surface area contributed by atoms with Gasteiger partial charge in [0, 0.05) is 37.6 Å². The van der Waals surface area contributed by atoms with E-state index in [0.717, 1.165) is 31.5 Å². The van der Waals surface area contributed by atoms with E-state index in [1.807, 2.05) is 12.3 Å². The van der Waals surface area contributed by atoms with Crippen LogP contribution in [0.25, 0.3) is 0 Å². The first-order valence-electron chi connectivity index (χ1n) is 11.0. The molecule has 0 bridgehead atoms. The second-order valence-electron chi connectivity index (χ2n) is 8.53. The Balaban J connectivity index is 1.37. The lowest BCUT2D eigenvalue weighted by Gasteiger charge is -2.33. The third-order valence-electron chi connectivity index (χ3n) is 6.68. The van der Waals surface area contributed by atoms with Gasteiger partial charge in [-0.1, -0.05) is 42.3 Å². The number of nitrogens with one attached hydrogen (secondary N) is 1. The van der Waals surface area contributed by atoms with Crippen molar-refractivity contribution < 1.29 is 4.74 Å². The van der Waals surface area contributed by atoms with Gasteiger partial charge in [0.05, 0.1) is 18.8 Å². The number of hydrogen-bond acceptors (Lipinski definition) is 5. The van der Waals surface area contributed by atoms with Crippen LogP contribution >= 0.6 is 11.9 Å². The summed E-state index contributed by atoms with van der Waals surface area (Å²) in [4.78, 5) is 14.5. The lowest BCUT2D eigenvalue weighted by molar-refractivity contribution is 0.0157. The fraction of sp³-hybridized carbons (Fsp3) is 0.542. The van der Waals surface area contributed by atoms with Crippen LogP contribution in [0.1, 0.15) is 43.6 Å². The molecule has 5 nitrogen and oxygen atoms in total. The van der Waals surface area contributed by atoms with Gasteiger partial charge in [-0.3, -0.25) is 9.52 Å². The van der Waals surface area contributed by atoms with E-state index in [1.54, 1.807) is 29.6 Å². The maximum atomic E-state index is 12.1. The molecule has 6 heteroatoms. The molecule has 30 heavy (non-hydrogen) atoms. The highest BCUT2D eigenvalue weighted by molar-refractivity contribution is 7.96. The largest absolute Gasteiger partial charge is 0.376 e. The fourth-order valence-electron chi connectivity index (χ4n) is 4.91.